The Morgan fingerprint density at radius 1 is 1.33 bits per heavy atom. The predicted molar refractivity (Wildman–Crippen MR) is 73.6 cm³/mol. The first kappa shape index (κ1) is 15.4. The molecule has 4 nitrogen and oxygen atoms in total. The van der Waals surface area contributed by atoms with Crippen LogP contribution in [0.1, 0.15) is 46.5 Å². The first-order valence-corrected chi connectivity index (χ1v) is 7.03. The van der Waals surface area contributed by atoms with Crippen molar-refractivity contribution in [3.05, 3.63) is 0 Å². The van der Waals surface area contributed by atoms with E-state index in [9.17, 15) is 4.79 Å². The van der Waals surface area contributed by atoms with E-state index >= 15 is 0 Å². The summed E-state index contributed by atoms with van der Waals surface area (Å²) in [5.41, 5.74) is -0.124. The highest BCUT2D eigenvalue weighted by atomic mass is 16.5. The third kappa shape index (κ3) is 4.94. The zero-order chi connectivity index (χ0) is 13.6. The molecule has 1 rings (SSSR count). The molecule has 1 N–H and O–H groups in total. The van der Waals surface area contributed by atoms with Gasteiger partial charge in [-0.1, -0.05) is 0 Å². The Kier molecular flexibility index (Phi) is 6.09. The number of hydrogen-bond donors (Lipinski definition) is 1. The van der Waals surface area contributed by atoms with Gasteiger partial charge in [0.2, 0.25) is 5.91 Å². The molecule has 1 fully saturated rings. The maximum absolute atomic E-state index is 12.2. The van der Waals surface area contributed by atoms with Crippen molar-refractivity contribution in [2.24, 2.45) is 0 Å². The minimum Gasteiger partial charge on any atom is -0.379 e. The molecule has 1 amide bonds. The van der Waals surface area contributed by atoms with Gasteiger partial charge in [0.1, 0.15) is 0 Å². The SMILES string of the molecule is COC(C)(C)CCNC(C)C(=O)N1CCCCC1. The second kappa shape index (κ2) is 7.10. The highest BCUT2D eigenvalue weighted by Crippen LogP contribution is 2.12. The van der Waals surface area contributed by atoms with Gasteiger partial charge in [-0.3, -0.25) is 4.79 Å². The normalized spacial score (nSPS) is 18.8. The summed E-state index contributed by atoms with van der Waals surface area (Å²) >= 11 is 0. The molecule has 0 aromatic carbocycles. The molecule has 0 radical (unpaired) electrons. The molecule has 0 aromatic rings. The maximum atomic E-state index is 12.2. The van der Waals surface area contributed by atoms with Gasteiger partial charge in [-0.05, 0) is 53.0 Å². The van der Waals surface area contributed by atoms with Crippen molar-refractivity contribution < 1.29 is 9.53 Å². The van der Waals surface area contributed by atoms with Crippen LogP contribution in [-0.2, 0) is 9.53 Å². The van der Waals surface area contributed by atoms with Crippen LogP contribution in [0.3, 0.4) is 0 Å². The third-order valence-electron chi connectivity index (χ3n) is 3.77. The minimum absolute atomic E-state index is 0.0873. The van der Waals surface area contributed by atoms with Crippen LogP contribution in [0.5, 0.6) is 0 Å². The summed E-state index contributed by atoms with van der Waals surface area (Å²) in [6.45, 7) is 8.73. The van der Waals surface area contributed by atoms with E-state index in [-0.39, 0.29) is 17.6 Å². The standard InChI is InChI=1S/C14H28N2O2/c1-12(15-9-8-14(2,3)18-4)13(17)16-10-6-5-7-11-16/h12,15H,5-11H2,1-4H3. The lowest BCUT2D eigenvalue weighted by Gasteiger charge is -2.30. The van der Waals surface area contributed by atoms with E-state index < -0.39 is 0 Å². The number of piperidine rings is 1. The summed E-state index contributed by atoms with van der Waals surface area (Å²) in [6, 6.07) is -0.0873. The molecule has 106 valence electrons. The van der Waals surface area contributed by atoms with Crippen molar-refractivity contribution in [3.8, 4) is 0 Å². The van der Waals surface area contributed by atoms with Crippen LogP contribution in [0, 0.1) is 0 Å². The van der Waals surface area contributed by atoms with Gasteiger partial charge in [0.25, 0.3) is 0 Å². The van der Waals surface area contributed by atoms with E-state index in [1.54, 1.807) is 7.11 Å². The fourth-order valence-corrected chi connectivity index (χ4v) is 2.17. The predicted octanol–water partition coefficient (Wildman–Crippen LogP) is 1.79. The Morgan fingerprint density at radius 2 is 1.94 bits per heavy atom. The summed E-state index contributed by atoms with van der Waals surface area (Å²) in [4.78, 5) is 14.1. The second-order valence-corrected chi connectivity index (χ2v) is 5.78. The number of nitrogens with zero attached hydrogens (tertiary/aromatic N) is 1. The molecular weight excluding hydrogens is 228 g/mol. The number of nitrogens with one attached hydrogen (secondary N) is 1. The summed E-state index contributed by atoms with van der Waals surface area (Å²) in [6.07, 6.45) is 4.46. The van der Waals surface area contributed by atoms with Gasteiger partial charge < -0.3 is 15.0 Å². The van der Waals surface area contributed by atoms with Crippen LogP contribution in [0.4, 0.5) is 0 Å². The number of amides is 1. The van der Waals surface area contributed by atoms with Crippen molar-refractivity contribution in [2.75, 3.05) is 26.7 Å². The smallest absolute Gasteiger partial charge is 0.239 e. The van der Waals surface area contributed by atoms with E-state index in [2.05, 4.69) is 19.2 Å². The van der Waals surface area contributed by atoms with E-state index in [1.807, 2.05) is 11.8 Å². The fraction of sp³-hybridized carbons (Fsp3) is 0.929. The van der Waals surface area contributed by atoms with E-state index in [0.29, 0.717) is 0 Å². The molecule has 0 aliphatic carbocycles. The van der Waals surface area contributed by atoms with Gasteiger partial charge >= 0.3 is 0 Å². The lowest BCUT2D eigenvalue weighted by atomic mass is 10.1. The summed E-state index contributed by atoms with van der Waals surface area (Å²) < 4.78 is 5.36. The monoisotopic (exact) mass is 256 g/mol. The molecule has 4 heteroatoms. The molecule has 0 bridgehead atoms. The van der Waals surface area contributed by atoms with Gasteiger partial charge in [0.15, 0.2) is 0 Å². The molecule has 1 unspecified atom stereocenters. The number of likely N-dealkylation sites (tertiary alicyclic amines) is 1. The van der Waals surface area contributed by atoms with Gasteiger partial charge in [-0.25, -0.2) is 0 Å². The largest absolute Gasteiger partial charge is 0.379 e. The van der Waals surface area contributed by atoms with Crippen LogP contribution < -0.4 is 5.32 Å². The van der Waals surface area contributed by atoms with E-state index in [0.717, 1.165) is 38.9 Å². The molecule has 1 saturated heterocycles. The van der Waals surface area contributed by atoms with E-state index in [4.69, 9.17) is 4.74 Å². The van der Waals surface area contributed by atoms with Crippen LogP contribution in [0.2, 0.25) is 0 Å². The first-order chi connectivity index (χ1) is 8.46. The Morgan fingerprint density at radius 3 is 2.50 bits per heavy atom. The molecule has 0 spiro atoms. The average Bonchev–Trinajstić information content (AvgIpc) is 2.38. The quantitative estimate of drug-likeness (QED) is 0.788. The van der Waals surface area contributed by atoms with Crippen molar-refractivity contribution >= 4 is 5.91 Å². The molecule has 1 aliphatic rings. The van der Waals surface area contributed by atoms with Crippen LogP contribution in [0.25, 0.3) is 0 Å². The average molecular weight is 256 g/mol. The number of carbonyl (C=O) groups is 1. The molecule has 1 heterocycles. The topological polar surface area (TPSA) is 41.6 Å². The van der Waals surface area contributed by atoms with Crippen molar-refractivity contribution in [1.29, 1.82) is 0 Å². The van der Waals surface area contributed by atoms with Gasteiger partial charge in [-0.2, -0.15) is 0 Å². The van der Waals surface area contributed by atoms with Crippen LogP contribution in [0.15, 0.2) is 0 Å². The summed E-state index contributed by atoms with van der Waals surface area (Å²) in [5.74, 6) is 0.241. The lowest BCUT2D eigenvalue weighted by molar-refractivity contribution is -0.134. The number of rotatable bonds is 6. The first-order valence-electron chi connectivity index (χ1n) is 7.03. The van der Waals surface area contributed by atoms with Gasteiger partial charge in [0, 0.05) is 20.2 Å². The number of carbonyl (C=O) groups excluding carboxylic acids is 1. The summed E-state index contributed by atoms with van der Waals surface area (Å²) in [7, 11) is 1.72. The van der Waals surface area contributed by atoms with Crippen molar-refractivity contribution in [2.45, 2.75) is 58.1 Å². The fourth-order valence-electron chi connectivity index (χ4n) is 2.17. The lowest BCUT2D eigenvalue weighted by Crippen LogP contribution is -2.47. The van der Waals surface area contributed by atoms with Crippen molar-refractivity contribution in [1.82, 2.24) is 10.2 Å². The van der Waals surface area contributed by atoms with Gasteiger partial charge in [-0.15, -0.1) is 0 Å². The van der Waals surface area contributed by atoms with Gasteiger partial charge in [0.05, 0.1) is 11.6 Å². The summed E-state index contributed by atoms with van der Waals surface area (Å²) in [5, 5.41) is 3.30. The number of ether oxygens (including phenoxy) is 1. The van der Waals surface area contributed by atoms with Crippen LogP contribution in [-0.4, -0.2) is 49.2 Å². The Labute approximate surface area is 111 Å². The molecular formula is C14H28N2O2. The second-order valence-electron chi connectivity index (χ2n) is 5.78. The number of hydrogen-bond acceptors (Lipinski definition) is 3. The highest BCUT2D eigenvalue weighted by molar-refractivity contribution is 5.81. The molecule has 0 aromatic heterocycles. The zero-order valence-electron chi connectivity index (χ0n) is 12.3. The van der Waals surface area contributed by atoms with Crippen LogP contribution >= 0.6 is 0 Å². The Hall–Kier alpha value is -0.610. The highest BCUT2D eigenvalue weighted by Gasteiger charge is 2.22. The Bertz CT molecular complexity index is 261. The third-order valence-corrected chi connectivity index (χ3v) is 3.77. The zero-order valence-corrected chi connectivity index (χ0v) is 12.3. The maximum Gasteiger partial charge on any atom is 0.239 e. The number of methoxy groups -OCH3 is 1. The molecule has 1 aliphatic heterocycles. The Balaban J connectivity index is 2.27. The van der Waals surface area contributed by atoms with E-state index in [1.165, 1.54) is 6.42 Å². The molecule has 18 heavy (non-hydrogen) atoms. The minimum atomic E-state index is -0.124. The molecule has 1 atom stereocenters. The van der Waals surface area contributed by atoms with Crippen molar-refractivity contribution in [3.63, 3.8) is 0 Å². The molecule has 0 saturated carbocycles.